The van der Waals surface area contributed by atoms with Crippen molar-refractivity contribution >= 4 is 0 Å². The molecule has 0 bridgehead atoms. The van der Waals surface area contributed by atoms with Crippen molar-refractivity contribution in [2.24, 2.45) is 0 Å². The molecule has 1 aliphatic heterocycles. The van der Waals surface area contributed by atoms with Crippen LogP contribution in [0.5, 0.6) is 11.5 Å². The summed E-state index contributed by atoms with van der Waals surface area (Å²) in [6, 6.07) is 8.04. The van der Waals surface area contributed by atoms with Crippen molar-refractivity contribution in [1.82, 2.24) is 9.80 Å². The zero-order valence-electron chi connectivity index (χ0n) is 14.4. The summed E-state index contributed by atoms with van der Waals surface area (Å²) >= 11 is 0. The Morgan fingerprint density at radius 3 is 2.48 bits per heavy atom. The molecule has 0 aromatic heterocycles. The fourth-order valence-electron chi connectivity index (χ4n) is 2.89. The van der Waals surface area contributed by atoms with Gasteiger partial charge in [0.05, 0.1) is 19.8 Å². The lowest BCUT2D eigenvalue weighted by molar-refractivity contribution is 0.118. The Bertz CT molecular complexity index is 534. The van der Waals surface area contributed by atoms with E-state index in [1.165, 1.54) is 0 Å². The third kappa shape index (κ3) is 4.37. The number of hydrogen-bond donors (Lipinski definition) is 0. The SMILES string of the molecule is CCCOc1cc(C(C#N)N2CCN(CC)CC2)ccc1OC. The largest absolute Gasteiger partial charge is 0.493 e. The number of ether oxygens (including phenoxy) is 2. The van der Waals surface area contributed by atoms with Gasteiger partial charge in [-0.25, -0.2) is 0 Å². The van der Waals surface area contributed by atoms with Gasteiger partial charge in [0.2, 0.25) is 0 Å². The Morgan fingerprint density at radius 2 is 1.91 bits per heavy atom. The van der Waals surface area contributed by atoms with Crippen LogP contribution in [0, 0.1) is 11.3 Å². The van der Waals surface area contributed by atoms with Crippen LogP contribution in [0.1, 0.15) is 31.9 Å². The molecule has 126 valence electrons. The Hall–Kier alpha value is -1.77. The Labute approximate surface area is 139 Å². The van der Waals surface area contributed by atoms with Crippen LogP contribution < -0.4 is 9.47 Å². The maximum atomic E-state index is 9.67. The lowest BCUT2D eigenvalue weighted by atomic mass is 10.0. The molecule has 1 heterocycles. The number of benzene rings is 1. The van der Waals surface area contributed by atoms with Crippen molar-refractivity contribution in [2.45, 2.75) is 26.3 Å². The highest BCUT2D eigenvalue weighted by atomic mass is 16.5. The van der Waals surface area contributed by atoms with E-state index >= 15 is 0 Å². The fraction of sp³-hybridized carbons (Fsp3) is 0.611. The number of methoxy groups -OCH3 is 1. The van der Waals surface area contributed by atoms with Crippen molar-refractivity contribution < 1.29 is 9.47 Å². The summed E-state index contributed by atoms with van der Waals surface area (Å²) < 4.78 is 11.1. The second-order valence-electron chi connectivity index (χ2n) is 5.76. The molecule has 23 heavy (non-hydrogen) atoms. The number of rotatable bonds is 7. The highest BCUT2D eigenvalue weighted by Gasteiger charge is 2.25. The lowest BCUT2D eigenvalue weighted by Crippen LogP contribution is -2.47. The van der Waals surface area contributed by atoms with Gasteiger partial charge in [-0.15, -0.1) is 0 Å². The second kappa shape index (κ2) is 8.76. The first-order chi connectivity index (χ1) is 11.2. The molecule has 0 aliphatic carbocycles. The van der Waals surface area contributed by atoms with Gasteiger partial charge >= 0.3 is 0 Å². The highest BCUT2D eigenvalue weighted by molar-refractivity contribution is 5.45. The summed E-state index contributed by atoms with van der Waals surface area (Å²) in [5, 5.41) is 9.67. The van der Waals surface area contributed by atoms with Gasteiger partial charge in [-0.3, -0.25) is 4.90 Å². The molecule has 1 fully saturated rings. The van der Waals surface area contributed by atoms with Gasteiger partial charge in [-0.05, 0) is 30.7 Å². The lowest BCUT2D eigenvalue weighted by Gasteiger charge is -2.36. The summed E-state index contributed by atoms with van der Waals surface area (Å²) in [6.07, 6.45) is 0.939. The Balaban J connectivity index is 2.16. The molecule has 0 amide bonds. The topological polar surface area (TPSA) is 48.7 Å². The van der Waals surface area contributed by atoms with Crippen molar-refractivity contribution in [3.63, 3.8) is 0 Å². The van der Waals surface area contributed by atoms with Crippen molar-refractivity contribution in [3.05, 3.63) is 23.8 Å². The molecule has 1 saturated heterocycles. The summed E-state index contributed by atoms with van der Waals surface area (Å²) in [5.74, 6) is 1.44. The van der Waals surface area contributed by atoms with Crippen LogP contribution >= 0.6 is 0 Å². The molecule has 1 aliphatic rings. The van der Waals surface area contributed by atoms with Gasteiger partial charge in [0.1, 0.15) is 6.04 Å². The molecule has 0 saturated carbocycles. The van der Waals surface area contributed by atoms with Gasteiger partial charge in [-0.2, -0.15) is 5.26 Å². The Kier molecular flexibility index (Phi) is 6.69. The van der Waals surface area contributed by atoms with Crippen LogP contribution in [0.15, 0.2) is 18.2 Å². The first-order valence-corrected chi connectivity index (χ1v) is 8.40. The summed E-state index contributed by atoms with van der Waals surface area (Å²) in [6.45, 7) is 9.84. The van der Waals surface area contributed by atoms with Crippen LogP contribution in [-0.4, -0.2) is 56.2 Å². The van der Waals surface area contributed by atoms with E-state index in [9.17, 15) is 5.26 Å². The average Bonchev–Trinajstić information content (AvgIpc) is 2.61. The van der Waals surface area contributed by atoms with E-state index in [2.05, 4.69) is 29.7 Å². The van der Waals surface area contributed by atoms with E-state index < -0.39 is 0 Å². The zero-order valence-corrected chi connectivity index (χ0v) is 14.4. The van der Waals surface area contributed by atoms with E-state index in [0.717, 1.165) is 56.2 Å². The molecule has 0 radical (unpaired) electrons. The van der Waals surface area contributed by atoms with Crippen LogP contribution in [0.2, 0.25) is 0 Å². The molecular formula is C18H27N3O2. The number of nitriles is 1. The van der Waals surface area contributed by atoms with E-state index in [1.807, 2.05) is 18.2 Å². The molecule has 5 nitrogen and oxygen atoms in total. The summed E-state index contributed by atoms with van der Waals surface area (Å²) in [4.78, 5) is 4.66. The van der Waals surface area contributed by atoms with Gasteiger partial charge in [0.15, 0.2) is 11.5 Å². The monoisotopic (exact) mass is 317 g/mol. The minimum absolute atomic E-state index is 0.233. The molecule has 0 spiro atoms. The third-order valence-corrected chi connectivity index (χ3v) is 4.31. The fourth-order valence-corrected chi connectivity index (χ4v) is 2.89. The molecule has 1 atom stereocenters. The van der Waals surface area contributed by atoms with Crippen molar-refractivity contribution in [2.75, 3.05) is 46.4 Å². The number of nitrogens with zero attached hydrogens (tertiary/aromatic N) is 3. The van der Waals surface area contributed by atoms with Gasteiger partial charge in [-0.1, -0.05) is 19.9 Å². The van der Waals surface area contributed by atoms with Crippen LogP contribution in [0.4, 0.5) is 0 Å². The first kappa shape index (κ1) is 17.6. The number of piperazine rings is 1. The van der Waals surface area contributed by atoms with Gasteiger partial charge < -0.3 is 14.4 Å². The van der Waals surface area contributed by atoms with Crippen LogP contribution in [0.25, 0.3) is 0 Å². The molecule has 1 unspecified atom stereocenters. The van der Waals surface area contributed by atoms with Crippen molar-refractivity contribution in [1.29, 1.82) is 5.26 Å². The highest BCUT2D eigenvalue weighted by Crippen LogP contribution is 2.32. The van der Waals surface area contributed by atoms with E-state index in [4.69, 9.17) is 9.47 Å². The summed E-state index contributed by atoms with van der Waals surface area (Å²) in [5.41, 5.74) is 0.976. The minimum Gasteiger partial charge on any atom is -0.493 e. The first-order valence-electron chi connectivity index (χ1n) is 8.40. The quantitative estimate of drug-likeness (QED) is 0.774. The van der Waals surface area contributed by atoms with Gasteiger partial charge in [0.25, 0.3) is 0 Å². The molecule has 1 aromatic rings. The predicted octanol–water partition coefficient (Wildman–Crippen LogP) is 2.69. The third-order valence-electron chi connectivity index (χ3n) is 4.31. The number of likely N-dealkylation sites (N-methyl/N-ethyl adjacent to an activating group) is 1. The average molecular weight is 317 g/mol. The van der Waals surface area contributed by atoms with Crippen LogP contribution in [-0.2, 0) is 0 Å². The zero-order chi connectivity index (χ0) is 16.7. The van der Waals surface area contributed by atoms with E-state index in [1.54, 1.807) is 7.11 Å². The Morgan fingerprint density at radius 1 is 1.17 bits per heavy atom. The normalized spacial score (nSPS) is 17.5. The smallest absolute Gasteiger partial charge is 0.161 e. The molecule has 0 N–H and O–H groups in total. The van der Waals surface area contributed by atoms with E-state index in [0.29, 0.717) is 6.61 Å². The molecule has 5 heteroatoms. The predicted molar refractivity (Wildman–Crippen MR) is 90.8 cm³/mol. The van der Waals surface area contributed by atoms with Crippen molar-refractivity contribution in [3.8, 4) is 17.6 Å². The number of hydrogen-bond acceptors (Lipinski definition) is 5. The molecular weight excluding hydrogens is 290 g/mol. The maximum absolute atomic E-state index is 9.67. The van der Waals surface area contributed by atoms with E-state index in [-0.39, 0.29) is 6.04 Å². The maximum Gasteiger partial charge on any atom is 0.161 e. The van der Waals surface area contributed by atoms with Crippen LogP contribution in [0.3, 0.4) is 0 Å². The summed E-state index contributed by atoms with van der Waals surface area (Å²) in [7, 11) is 1.64. The second-order valence-corrected chi connectivity index (χ2v) is 5.76. The van der Waals surface area contributed by atoms with Gasteiger partial charge in [0, 0.05) is 26.2 Å². The standard InChI is InChI=1S/C18H27N3O2/c1-4-12-23-18-13-15(6-7-17(18)22-3)16(14-19)21-10-8-20(5-2)9-11-21/h6-7,13,16H,4-5,8-12H2,1-3H3. The molecule has 2 rings (SSSR count). The molecule has 1 aromatic carbocycles. The minimum atomic E-state index is -0.233.